The van der Waals surface area contributed by atoms with Gasteiger partial charge in [0, 0.05) is 30.7 Å². The molecule has 3 N–H and O–H groups in total. The van der Waals surface area contributed by atoms with Crippen molar-refractivity contribution in [3.63, 3.8) is 0 Å². The van der Waals surface area contributed by atoms with Crippen LogP contribution in [0.2, 0.25) is 0 Å². The normalized spacial score (nSPS) is 19.0. The van der Waals surface area contributed by atoms with E-state index in [1.54, 1.807) is 6.07 Å². The number of alkyl halides is 3. The number of anilines is 1. The summed E-state index contributed by atoms with van der Waals surface area (Å²) in [5.74, 6) is 0.00108. The van der Waals surface area contributed by atoms with Gasteiger partial charge in [0.05, 0.1) is 10.8 Å². The number of halogens is 3. The summed E-state index contributed by atoms with van der Waals surface area (Å²) < 4.78 is 67.9. The minimum atomic E-state index is -4.38. The highest BCUT2D eigenvalue weighted by Gasteiger charge is 2.34. The fourth-order valence-corrected chi connectivity index (χ4v) is 7.65. The van der Waals surface area contributed by atoms with Gasteiger partial charge in [-0.3, -0.25) is 0 Å². The van der Waals surface area contributed by atoms with Crippen LogP contribution in [0.1, 0.15) is 106 Å². The molecule has 2 aromatic carbocycles. The SMILES string of the molecule is CCCCCCCCCCNCC1Nc2ccc(CCNS(=O)(=O)C3CCC3)cc2C1Cc1cccc(C(F)(F)F)c1. The largest absolute Gasteiger partial charge is 0.416 e. The molecule has 1 heterocycles. The van der Waals surface area contributed by atoms with Crippen molar-refractivity contribution in [1.29, 1.82) is 0 Å². The fourth-order valence-electron chi connectivity index (χ4n) is 6.08. The van der Waals surface area contributed by atoms with Crippen LogP contribution in [-0.2, 0) is 29.0 Å². The van der Waals surface area contributed by atoms with Gasteiger partial charge in [-0.05, 0) is 67.5 Å². The quantitative estimate of drug-likeness (QED) is 0.153. The molecule has 1 fully saturated rings. The summed E-state index contributed by atoms with van der Waals surface area (Å²) in [6, 6.07) is 11.9. The molecule has 0 spiro atoms. The van der Waals surface area contributed by atoms with Crippen LogP contribution in [0.4, 0.5) is 18.9 Å². The van der Waals surface area contributed by atoms with Gasteiger partial charge in [0.1, 0.15) is 0 Å². The van der Waals surface area contributed by atoms with E-state index in [1.807, 2.05) is 12.1 Å². The second kappa shape index (κ2) is 15.6. The highest BCUT2D eigenvalue weighted by atomic mass is 32.2. The summed E-state index contributed by atoms with van der Waals surface area (Å²) in [4.78, 5) is 0. The Morgan fingerprint density at radius 2 is 1.64 bits per heavy atom. The molecule has 0 amide bonds. The molecule has 0 saturated heterocycles. The highest BCUT2D eigenvalue weighted by Crippen LogP contribution is 2.39. The molecule has 1 aliphatic heterocycles. The Bertz CT molecular complexity index is 1230. The average molecular weight is 608 g/mol. The molecule has 0 bridgehead atoms. The van der Waals surface area contributed by atoms with E-state index in [9.17, 15) is 21.6 Å². The summed E-state index contributed by atoms with van der Waals surface area (Å²) in [6.07, 6.45) is 9.21. The van der Waals surface area contributed by atoms with E-state index in [0.717, 1.165) is 61.7 Å². The van der Waals surface area contributed by atoms with E-state index in [0.29, 0.717) is 24.9 Å². The molecule has 234 valence electrons. The second-order valence-corrected chi connectivity index (χ2v) is 14.1. The zero-order valence-electron chi connectivity index (χ0n) is 24.9. The second-order valence-electron chi connectivity index (χ2n) is 12.1. The highest BCUT2D eigenvalue weighted by molar-refractivity contribution is 7.90. The lowest BCUT2D eigenvalue weighted by atomic mass is 9.87. The Morgan fingerprint density at radius 3 is 2.33 bits per heavy atom. The van der Waals surface area contributed by atoms with Crippen LogP contribution in [0.5, 0.6) is 0 Å². The van der Waals surface area contributed by atoms with Crippen LogP contribution in [0.25, 0.3) is 0 Å². The summed E-state index contributed by atoms with van der Waals surface area (Å²) in [7, 11) is -3.27. The molecule has 0 aromatic heterocycles. The lowest BCUT2D eigenvalue weighted by molar-refractivity contribution is -0.137. The Morgan fingerprint density at radius 1 is 0.905 bits per heavy atom. The predicted molar refractivity (Wildman–Crippen MR) is 165 cm³/mol. The van der Waals surface area contributed by atoms with Crippen molar-refractivity contribution in [1.82, 2.24) is 10.0 Å². The van der Waals surface area contributed by atoms with Crippen LogP contribution < -0.4 is 15.4 Å². The number of nitrogens with one attached hydrogen (secondary N) is 3. The molecule has 2 unspecified atom stereocenters. The van der Waals surface area contributed by atoms with Gasteiger partial charge in [-0.1, -0.05) is 88.6 Å². The van der Waals surface area contributed by atoms with Crippen LogP contribution >= 0.6 is 0 Å². The average Bonchev–Trinajstić information content (AvgIpc) is 3.24. The maximum atomic E-state index is 13.4. The molecule has 42 heavy (non-hydrogen) atoms. The zero-order chi connectivity index (χ0) is 30.0. The van der Waals surface area contributed by atoms with Gasteiger partial charge in [-0.15, -0.1) is 0 Å². The summed E-state index contributed by atoms with van der Waals surface area (Å²) in [5.41, 5.74) is 3.16. The van der Waals surface area contributed by atoms with E-state index in [1.165, 1.54) is 57.1 Å². The molecular weight excluding hydrogens is 559 g/mol. The molecular formula is C33H48F3N3O2S. The van der Waals surface area contributed by atoms with Crippen molar-refractivity contribution in [2.24, 2.45) is 0 Å². The maximum Gasteiger partial charge on any atom is 0.416 e. The molecule has 2 aromatic rings. The Labute approximate surface area is 250 Å². The van der Waals surface area contributed by atoms with Crippen molar-refractivity contribution in [2.75, 3.05) is 25.0 Å². The molecule has 5 nitrogen and oxygen atoms in total. The molecule has 9 heteroatoms. The van der Waals surface area contributed by atoms with Gasteiger partial charge in [-0.2, -0.15) is 13.2 Å². The van der Waals surface area contributed by atoms with E-state index in [4.69, 9.17) is 0 Å². The first kappa shape index (κ1) is 32.8. The molecule has 2 aliphatic rings. The Balaban J connectivity index is 1.37. The molecule has 1 aliphatic carbocycles. The summed E-state index contributed by atoms with van der Waals surface area (Å²) in [5, 5.41) is 6.95. The fraction of sp³-hybridized carbons (Fsp3) is 0.636. The van der Waals surface area contributed by atoms with E-state index < -0.39 is 21.8 Å². The Hall–Kier alpha value is -2.10. The van der Waals surface area contributed by atoms with E-state index >= 15 is 0 Å². The topological polar surface area (TPSA) is 70.2 Å². The maximum absolute atomic E-state index is 13.4. The smallest absolute Gasteiger partial charge is 0.380 e. The standard InChI is InChI=1S/C33H48F3N3O2S/c1-2-3-4-5-6-7-8-9-19-37-24-32-30(23-26-12-10-13-27(21-26)33(34,35)36)29-22-25(16-17-31(29)39-32)18-20-38-42(40,41)28-14-11-15-28/h10,12-13,16-17,21-22,28,30,32,37-39H,2-9,11,14-15,18-20,23-24H2,1H3. The third-order valence-electron chi connectivity index (χ3n) is 8.83. The number of sulfonamides is 1. The molecule has 0 radical (unpaired) electrons. The summed E-state index contributed by atoms with van der Waals surface area (Å²) >= 11 is 0. The minimum absolute atomic E-state index is 0.00108. The third-order valence-corrected chi connectivity index (χ3v) is 10.8. The number of fused-ring (bicyclic) bond motifs is 1. The first-order valence-electron chi connectivity index (χ1n) is 15.9. The number of hydrogen-bond acceptors (Lipinski definition) is 4. The first-order valence-corrected chi connectivity index (χ1v) is 17.5. The number of hydrogen-bond donors (Lipinski definition) is 3. The predicted octanol–water partition coefficient (Wildman–Crippen LogP) is 7.57. The van der Waals surface area contributed by atoms with E-state index in [2.05, 4.69) is 28.3 Å². The number of benzene rings is 2. The van der Waals surface area contributed by atoms with Gasteiger partial charge in [0.15, 0.2) is 0 Å². The van der Waals surface area contributed by atoms with Crippen molar-refractivity contribution >= 4 is 15.7 Å². The molecule has 2 atom stereocenters. The van der Waals surface area contributed by atoms with Gasteiger partial charge >= 0.3 is 6.18 Å². The van der Waals surface area contributed by atoms with Crippen LogP contribution in [0.15, 0.2) is 42.5 Å². The van der Waals surface area contributed by atoms with E-state index in [-0.39, 0.29) is 17.2 Å². The summed E-state index contributed by atoms with van der Waals surface area (Å²) in [6.45, 7) is 4.22. The van der Waals surface area contributed by atoms with Crippen LogP contribution in [0.3, 0.4) is 0 Å². The van der Waals surface area contributed by atoms with Crippen LogP contribution in [-0.4, -0.2) is 39.3 Å². The van der Waals surface area contributed by atoms with Crippen molar-refractivity contribution in [3.05, 3.63) is 64.7 Å². The van der Waals surface area contributed by atoms with Crippen LogP contribution in [0, 0.1) is 0 Å². The molecule has 1 saturated carbocycles. The number of rotatable bonds is 18. The zero-order valence-corrected chi connectivity index (χ0v) is 25.8. The van der Waals surface area contributed by atoms with Gasteiger partial charge < -0.3 is 10.6 Å². The van der Waals surface area contributed by atoms with Gasteiger partial charge in [0.25, 0.3) is 0 Å². The minimum Gasteiger partial charge on any atom is -0.380 e. The number of unbranched alkanes of at least 4 members (excludes halogenated alkanes) is 7. The van der Waals surface area contributed by atoms with Gasteiger partial charge in [-0.25, -0.2) is 13.1 Å². The van der Waals surface area contributed by atoms with Crippen molar-refractivity contribution < 1.29 is 21.6 Å². The Kier molecular flexibility index (Phi) is 12.2. The van der Waals surface area contributed by atoms with Gasteiger partial charge in [0.2, 0.25) is 10.0 Å². The first-order chi connectivity index (χ1) is 20.2. The molecule has 4 rings (SSSR count). The lowest BCUT2D eigenvalue weighted by Crippen LogP contribution is -2.39. The third kappa shape index (κ3) is 9.45. The van der Waals surface area contributed by atoms with Crippen molar-refractivity contribution in [3.8, 4) is 0 Å². The monoisotopic (exact) mass is 607 g/mol. The lowest BCUT2D eigenvalue weighted by Gasteiger charge is -2.25. The van der Waals surface area contributed by atoms with Crippen molar-refractivity contribution in [2.45, 2.75) is 114 Å².